The van der Waals surface area contributed by atoms with E-state index in [0.29, 0.717) is 18.0 Å². The van der Waals surface area contributed by atoms with Gasteiger partial charge in [-0.25, -0.2) is 9.78 Å². The third-order valence-corrected chi connectivity index (χ3v) is 7.01. The Morgan fingerprint density at radius 2 is 1.82 bits per heavy atom. The Bertz CT molecular complexity index is 1400. The second-order valence-corrected chi connectivity index (χ2v) is 8.89. The molecule has 3 aromatic rings. The molecule has 0 bridgehead atoms. The molecule has 1 saturated heterocycles. The Labute approximate surface area is 196 Å². The summed E-state index contributed by atoms with van der Waals surface area (Å²) in [4.78, 5) is 61.0. The zero-order valence-corrected chi connectivity index (χ0v) is 19.2. The molecule has 0 radical (unpaired) electrons. The number of nitrogens with one attached hydrogen (secondary N) is 1. The molecule has 1 fully saturated rings. The van der Waals surface area contributed by atoms with Crippen LogP contribution >= 0.6 is 0 Å². The maximum absolute atomic E-state index is 13.9. The van der Waals surface area contributed by atoms with Crippen molar-refractivity contribution in [2.45, 2.75) is 39.8 Å². The second kappa shape index (κ2) is 7.79. The van der Waals surface area contributed by atoms with Crippen molar-refractivity contribution in [3.8, 4) is 0 Å². The van der Waals surface area contributed by atoms with Crippen molar-refractivity contribution < 1.29 is 14.4 Å². The largest absolute Gasteiger partial charge is 0.352 e. The first kappa shape index (κ1) is 21.8. The smallest absolute Gasteiger partial charge is 0.331 e. The van der Waals surface area contributed by atoms with Crippen LogP contribution in [0.5, 0.6) is 0 Å². The van der Waals surface area contributed by atoms with Gasteiger partial charge in [0.2, 0.25) is 11.8 Å². The van der Waals surface area contributed by atoms with Crippen molar-refractivity contribution in [3.63, 3.8) is 0 Å². The molecule has 4 heterocycles. The zero-order valence-electron chi connectivity index (χ0n) is 19.2. The summed E-state index contributed by atoms with van der Waals surface area (Å²) in [6, 6.07) is 11.4. The number of aryl methyl sites for hydroxylation is 1. The van der Waals surface area contributed by atoms with Crippen LogP contribution in [0, 0.1) is 12.3 Å². The van der Waals surface area contributed by atoms with Gasteiger partial charge in [0.05, 0.1) is 18.2 Å². The van der Waals surface area contributed by atoms with Crippen LogP contribution in [0.15, 0.2) is 53.5 Å². The highest BCUT2D eigenvalue weighted by Crippen LogP contribution is 2.42. The number of nitrogens with zero attached hydrogens (tertiary/aromatic N) is 4. The normalized spacial score (nSPS) is 22.3. The highest BCUT2D eigenvalue weighted by Gasteiger charge is 2.61. The van der Waals surface area contributed by atoms with Gasteiger partial charge in [-0.3, -0.25) is 29.0 Å². The number of hydrogen-bond donors (Lipinski definition) is 1. The summed E-state index contributed by atoms with van der Waals surface area (Å²) in [6.45, 7) is 6.07. The summed E-state index contributed by atoms with van der Waals surface area (Å²) in [7, 11) is 0. The molecule has 34 heavy (non-hydrogen) atoms. The molecule has 2 aliphatic heterocycles. The van der Waals surface area contributed by atoms with Gasteiger partial charge in [-0.2, -0.15) is 0 Å². The first-order valence-corrected chi connectivity index (χ1v) is 11.3. The van der Waals surface area contributed by atoms with Crippen molar-refractivity contribution >= 4 is 29.3 Å². The number of imide groups is 2. The van der Waals surface area contributed by atoms with Gasteiger partial charge in [0.1, 0.15) is 11.5 Å². The Hall–Kier alpha value is -4.01. The molecule has 2 aromatic heterocycles. The fraction of sp³-hybridized carbons (Fsp3) is 0.320. The van der Waals surface area contributed by atoms with E-state index in [4.69, 9.17) is 0 Å². The van der Waals surface area contributed by atoms with E-state index in [1.54, 1.807) is 31.3 Å². The van der Waals surface area contributed by atoms with E-state index in [1.165, 1.54) is 4.40 Å². The summed E-state index contributed by atoms with van der Waals surface area (Å²) in [5.74, 6) is -0.813. The third-order valence-electron chi connectivity index (χ3n) is 7.01. The predicted octanol–water partition coefficient (Wildman–Crippen LogP) is 2.04. The summed E-state index contributed by atoms with van der Waals surface area (Å²) >= 11 is 0. The number of carbonyl (C=O) groups excluding carboxylic acids is 3. The highest BCUT2D eigenvalue weighted by atomic mass is 16.2. The first-order chi connectivity index (χ1) is 16.3. The van der Waals surface area contributed by atoms with Crippen LogP contribution in [0.25, 0.3) is 5.65 Å². The molecule has 0 aliphatic carbocycles. The van der Waals surface area contributed by atoms with E-state index in [1.807, 2.05) is 43.0 Å². The molecule has 5 rings (SSSR count). The summed E-state index contributed by atoms with van der Waals surface area (Å²) in [5, 5.41) is 2.39. The molecule has 9 heteroatoms. The average Bonchev–Trinajstić information content (AvgIpc) is 2.82. The molecule has 2 aliphatic rings. The lowest BCUT2D eigenvalue weighted by Crippen LogP contribution is -2.71. The number of urea groups is 1. The SMILES string of the molecule is CCN1c2nc3ccccn3c(=O)c2C[C@@]2(C(=O)NC(=O)N(Cc3ccc(C)cc3)C2=O)[C@@H]1C. The Morgan fingerprint density at radius 1 is 1.09 bits per heavy atom. The Balaban J connectivity index is 1.64. The van der Waals surface area contributed by atoms with Crippen LogP contribution in [0.2, 0.25) is 0 Å². The first-order valence-electron chi connectivity index (χ1n) is 11.3. The minimum Gasteiger partial charge on any atom is -0.352 e. The molecule has 1 N–H and O–H groups in total. The molecule has 9 nitrogen and oxygen atoms in total. The van der Waals surface area contributed by atoms with Crippen molar-refractivity contribution in [1.82, 2.24) is 19.6 Å². The lowest BCUT2D eigenvalue weighted by atomic mass is 9.69. The second-order valence-electron chi connectivity index (χ2n) is 8.89. The van der Waals surface area contributed by atoms with Gasteiger partial charge in [0.15, 0.2) is 5.41 Å². The van der Waals surface area contributed by atoms with E-state index in [0.717, 1.165) is 16.0 Å². The maximum atomic E-state index is 13.9. The van der Waals surface area contributed by atoms with Crippen LogP contribution in [-0.2, 0) is 22.6 Å². The standard InChI is InChI=1S/C25H25N5O4/c1-4-28-16(3)25(13-18-20(28)26-19-7-5-6-12-29(19)21(18)31)22(32)27-24(34)30(23(25)33)14-17-10-8-15(2)9-11-17/h5-12,16H,4,13-14H2,1-3H3,(H,27,32,34)/t16-,25-/m0/s1. The van der Waals surface area contributed by atoms with Crippen LogP contribution in [0.1, 0.15) is 30.5 Å². The van der Waals surface area contributed by atoms with Crippen molar-refractivity contribution in [2.75, 3.05) is 11.4 Å². The molecule has 0 saturated carbocycles. The molecule has 0 unspecified atom stereocenters. The van der Waals surface area contributed by atoms with Gasteiger partial charge >= 0.3 is 6.03 Å². The predicted molar refractivity (Wildman–Crippen MR) is 125 cm³/mol. The van der Waals surface area contributed by atoms with E-state index < -0.39 is 29.3 Å². The number of amides is 4. The molecule has 4 amide bonds. The van der Waals surface area contributed by atoms with Gasteiger partial charge in [0, 0.05) is 19.2 Å². The number of anilines is 1. The Kier molecular flexibility index (Phi) is 5.00. The van der Waals surface area contributed by atoms with Gasteiger partial charge in [-0.1, -0.05) is 35.9 Å². The van der Waals surface area contributed by atoms with Crippen LogP contribution in [0.4, 0.5) is 10.6 Å². The lowest BCUT2D eigenvalue weighted by Gasteiger charge is -2.49. The number of aromatic nitrogens is 2. The summed E-state index contributed by atoms with van der Waals surface area (Å²) < 4.78 is 1.41. The molecule has 1 spiro atoms. The van der Waals surface area contributed by atoms with Crippen molar-refractivity contribution in [2.24, 2.45) is 5.41 Å². The number of carbonyl (C=O) groups is 3. The number of fused-ring (bicyclic) bond motifs is 2. The van der Waals surface area contributed by atoms with Gasteiger partial charge in [-0.15, -0.1) is 0 Å². The number of barbiturate groups is 1. The van der Waals surface area contributed by atoms with E-state index in [-0.39, 0.29) is 24.1 Å². The van der Waals surface area contributed by atoms with Gasteiger partial charge in [-0.05, 0) is 38.5 Å². The van der Waals surface area contributed by atoms with Crippen molar-refractivity contribution in [1.29, 1.82) is 0 Å². The van der Waals surface area contributed by atoms with Crippen molar-refractivity contribution in [3.05, 3.63) is 75.7 Å². The van der Waals surface area contributed by atoms with E-state index in [9.17, 15) is 19.2 Å². The molecule has 2 atom stereocenters. The summed E-state index contributed by atoms with van der Waals surface area (Å²) in [6.07, 6.45) is 1.48. The van der Waals surface area contributed by atoms with Crippen LogP contribution in [0.3, 0.4) is 0 Å². The number of benzene rings is 1. The molecule has 1 aromatic carbocycles. The topological polar surface area (TPSA) is 104 Å². The summed E-state index contributed by atoms with van der Waals surface area (Å²) in [5.41, 5.74) is 0.641. The van der Waals surface area contributed by atoms with Gasteiger partial charge in [0.25, 0.3) is 5.56 Å². The Morgan fingerprint density at radius 3 is 2.53 bits per heavy atom. The minimum atomic E-state index is -1.63. The maximum Gasteiger partial charge on any atom is 0.331 e. The third kappa shape index (κ3) is 3.03. The van der Waals surface area contributed by atoms with E-state index in [2.05, 4.69) is 10.3 Å². The van der Waals surface area contributed by atoms with Gasteiger partial charge < -0.3 is 4.90 Å². The quantitative estimate of drug-likeness (QED) is 0.601. The van der Waals surface area contributed by atoms with Crippen LogP contribution in [-0.4, -0.2) is 44.7 Å². The van der Waals surface area contributed by atoms with Crippen LogP contribution < -0.4 is 15.8 Å². The average molecular weight is 460 g/mol. The highest BCUT2D eigenvalue weighted by molar-refractivity contribution is 6.20. The fourth-order valence-corrected chi connectivity index (χ4v) is 5.06. The minimum absolute atomic E-state index is 0.0284. The zero-order chi connectivity index (χ0) is 24.2. The number of pyridine rings is 1. The fourth-order valence-electron chi connectivity index (χ4n) is 5.06. The monoisotopic (exact) mass is 459 g/mol. The molecule has 174 valence electrons. The van der Waals surface area contributed by atoms with E-state index >= 15 is 0 Å². The molecular formula is C25H25N5O4. The number of rotatable bonds is 3. The molecular weight excluding hydrogens is 434 g/mol. The number of hydrogen-bond acceptors (Lipinski definition) is 6. The lowest BCUT2D eigenvalue weighted by molar-refractivity contribution is -0.153.